The molecule has 9 heteroatoms. The number of benzene rings is 2. The van der Waals surface area contributed by atoms with E-state index >= 15 is 0 Å². The zero-order valence-corrected chi connectivity index (χ0v) is 19.2. The lowest BCUT2D eigenvalue weighted by Gasteiger charge is -2.13. The quantitative estimate of drug-likeness (QED) is 0.269. The van der Waals surface area contributed by atoms with Gasteiger partial charge in [-0.3, -0.25) is 4.99 Å². The van der Waals surface area contributed by atoms with Crippen LogP contribution >= 0.6 is 24.0 Å². The number of hydrogen-bond acceptors (Lipinski definition) is 4. The van der Waals surface area contributed by atoms with E-state index in [2.05, 4.69) is 20.3 Å². The number of halogens is 1. The molecular formula is C19H27IN4O3S. The Hall–Kier alpha value is -1.85. The summed E-state index contributed by atoms with van der Waals surface area (Å²) in [6.45, 7) is 1.11. The fourth-order valence-corrected chi connectivity index (χ4v) is 3.22. The maximum absolute atomic E-state index is 12.1. The van der Waals surface area contributed by atoms with Crippen LogP contribution in [0.2, 0.25) is 0 Å². The van der Waals surface area contributed by atoms with E-state index in [1.54, 1.807) is 14.2 Å². The van der Waals surface area contributed by atoms with Gasteiger partial charge in [0.05, 0.1) is 12.9 Å². The van der Waals surface area contributed by atoms with Gasteiger partial charge in [-0.25, -0.2) is 13.1 Å². The zero-order chi connectivity index (χ0) is 19.5. The monoisotopic (exact) mass is 518 g/mol. The fraction of sp³-hybridized carbons (Fsp3) is 0.316. The molecule has 0 heterocycles. The molecule has 154 valence electrons. The third kappa shape index (κ3) is 8.89. The van der Waals surface area contributed by atoms with Gasteiger partial charge in [-0.05, 0) is 23.3 Å². The Bertz CT molecular complexity index is 828. The van der Waals surface area contributed by atoms with Gasteiger partial charge in [0.2, 0.25) is 10.0 Å². The topological polar surface area (TPSA) is 91.8 Å². The Morgan fingerprint density at radius 2 is 1.61 bits per heavy atom. The number of hydrogen-bond donors (Lipinski definition) is 3. The van der Waals surface area contributed by atoms with Crippen molar-refractivity contribution in [1.82, 2.24) is 15.4 Å². The molecule has 0 aromatic heterocycles. The summed E-state index contributed by atoms with van der Waals surface area (Å²) < 4.78 is 31.9. The van der Waals surface area contributed by atoms with E-state index in [0.717, 1.165) is 16.9 Å². The van der Waals surface area contributed by atoms with Crippen molar-refractivity contribution < 1.29 is 13.2 Å². The number of rotatable bonds is 9. The van der Waals surface area contributed by atoms with Gasteiger partial charge in [0.1, 0.15) is 5.75 Å². The van der Waals surface area contributed by atoms with Crippen LogP contribution in [-0.2, 0) is 23.1 Å². The minimum absolute atomic E-state index is 0. The molecule has 3 N–H and O–H groups in total. The SMILES string of the molecule is CN=C(NCCS(=O)(=O)NCc1ccccc1)NCc1ccc(OC)cc1.I. The van der Waals surface area contributed by atoms with Gasteiger partial charge >= 0.3 is 0 Å². The lowest BCUT2D eigenvalue weighted by Crippen LogP contribution is -2.40. The van der Waals surface area contributed by atoms with Gasteiger partial charge in [-0.2, -0.15) is 0 Å². The van der Waals surface area contributed by atoms with Crippen molar-refractivity contribution in [3.63, 3.8) is 0 Å². The van der Waals surface area contributed by atoms with E-state index in [1.807, 2.05) is 54.6 Å². The average molecular weight is 518 g/mol. The minimum Gasteiger partial charge on any atom is -0.497 e. The number of nitrogens with one attached hydrogen (secondary N) is 3. The second kappa shape index (κ2) is 12.6. The molecule has 0 aliphatic carbocycles. The normalized spacial score (nSPS) is 11.4. The number of nitrogens with zero attached hydrogens (tertiary/aromatic N) is 1. The first-order valence-corrected chi connectivity index (χ1v) is 10.3. The summed E-state index contributed by atoms with van der Waals surface area (Å²) in [5.74, 6) is 1.31. The Labute approximate surface area is 184 Å². The van der Waals surface area contributed by atoms with Crippen LogP contribution in [0.4, 0.5) is 0 Å². The van der Waals surface area contributed by atoms with Crippen LogP contribution in [0.25, 0.3) is 0 Å². The second-order valence-electron chi connectivity index (χ2n) is 5.83. The van der Waals surface area contributed by atoms with Gasteiger partial charge in [0.25, 0.3) is 0 Å². The molecule has 0 fully saturated rings. The van der Waals surface area contributed by atoms with E-state index < -0.39 is 10.0 Å². The standard InChI is InChI=1S/C19H26N4O3S.HI/c1-20-19(22-14-17-8-10-18(26-2)11-9-17)21-12-13-27(24,25)23-15-16-6-4-3-5-7-16;/h3-11,23H,12-15H2,1-2H3,(H2,20,21,22);1H. The molecule has 2 aromatic carbocycles. The summed E-state index contributed by atoms with van der Waals surface area (Å²) in [5, 5.41) is 6.16. The molecule has 0 aliphatic heterocycles. The Morgan fingerprint density at radius 3 is 2.21 bits per heavy atom. The molecule has 28 heavy (non-hydrogen) atoms. The maximum atomic E-state index is 12.1. The summed E-state index contributed by atoms with van der Waals surface area (Å²) in [6.07, 6.45) is 0. The summed E-state index contributed by atoms with van der Waals surface area (Å²) in [5.41, 5.74) is 1.99. The molecule has 0 atom stereocenters. The highest BCUT2D eigenvalue weighted by Gasteiger charge is 2.10. The van der Waals surface area contributed by atoms with Crippen molar-refractivity contribution in [2.24, 2.45) is 4.99 Å². The number of ether oxygens (including phenoxy) is 1. The summed E-state index contributed by atoms with van der Waals surface area (Å²) in [4.78, 5) is 4.10. The highest BCUT2D eigenvalue weighted by Crippen LogP contribution is 2.10. The summed E-state index contributed by atoms with van der Waals surface area (Å²) in [6, 6.07) is 17.1. The van der Waals surface area contributed by atoms with Crippen LogP contribution in [-0.4, -0.2) is 40.8 Å². The van der Waals surface area contributed by atoms with Crippen LogP contribution in [0.1, 0.15) is 11.1 Å². The average Bonchev–Trinajstić information content (AvgIpc) is 2.70. The molecule has 0 amide bonds. The highest BCUT2D eigenvalue weighted by atomic mass is 127. The molecule has 7 nitrogen and oxygen atoms in total. The third-order valence-electron chi connectivity index (χ3n) is 3.84. The van der Waals surface area contributed by atoms with E-state index in [1.165, 1.54) is 0 Å². The number of guanidine groups is 1. The largest absolute Gasteiger partial charge is 0.497 e. The van der Waals surface area contributed by atoms with E-state index in [-0.39, 0.29) is 42.8 Å². The van der Waals surface area contributed by atoms with Gasteiger partial charge in [0.15, 0.2) is 5.96 Å². The number of aliphatic imine (C=N–C) groups is 1. The number of methoxy groups -OCH3 is 1. The van der Waals surface area contributed by atoms with Gasteiger partial charge in [0, 0.05) is 26.7 Å². The molecule has 0 aliphatic rings. The lowest BCUT2D eigenvalue weighted by atomic mass is 10.2. The first-order valence-electron chi connectivity index (χ1n) is 8.61. The van der Waals surface area contributed by atoms with Crippen molar-refractivity contribution >= 4 is 40.0 Å². The van der Waals surface area contributed by atoms with Crippen molar-refractivity contribution in [2.45, 2.75) is 13.1 Å². The summed E-state index contributed by atoms with van der Waals surface area (Å²) in [7, 11) is -0.0965. The third-order valence-corrected chi connectivity index (χ3v) is 5.17. The molecule has 0 radical (unpaired) electrons. The molecule has 2 aromatic rings. The van der Waals surface area contributed by atoms with Gasteiger partial charge < -0.3 is 15.4 Å². The van der Waals surface area contributed by atoms with Gasteiger partial charge in [-0.1, -0.05) is 42.5 Å². The van der Waals surface area contributed by atoms with Crippen LogP contribution in [0.3, 0.4) is 0 Å². The lowest BCUT2D eigenvalue weighted by molar-refractivity contribution is 0.414. The molecule has 0 saturated carbocycles. The second-order valence-corrected chi connectivity index (χ2v) is 7.75. The Morgan fingerprint density at radius 1 is 0.964 bits per heavy atom. The zero-order valence-electron chi connectivity index (χ0n) is 16.0. The van der Waals surface area contributed by atoms with Crippen molar-refractivity contribution in [3.05, 3.63) is 65.7 Å². The van der Waals surface area contributed by atoms with Crippen molar-refractivity contribution in [1.29, 1.82) is 0 Å². The fourth-order valence-electron chi connectivity index (χ4n) is 2.31. The van der Waals surface area contributed by atoms with E-state index in [9.17, 15) is 8.42 Å². The molecule has 0 spiro atoms. The Kier molecular flexibility index (Phi) is 10.9. The van der Waals surface area contributed by atoms with E-state index in [0.29, 0.717) is 12.5 Å². The molecule has 0 unspecified atom stereocenters. The summed E-state index contributed by atoms with van der Waals surface area (Å²) >= 11 is 0. The molecule has 0 bridgehead atoms. The molecular weight excluding hydrogens is 491 g/mol. The number of sulfonamides is 1. The van der Waals surface area contributed by atoms with Crippen molar-refractivity contribution in [3.8, 4) is 5.75 Å². The maximum Gasteiger partial charge on any atom is 0.213 e. The first kappa shape index (κ1) is 24.2. The minimum atomic E-state index is -3.37. The van der Waals surface area contributed by atoms with Crippen LogP contribution in [0.5, 0.6) is 5.75 Å². The highest BCUT2D eigenvalue weighted by molar-refractivity contribution is 14.0. The Balaban J connectivity index is 0.00000392. The van der Waals surface area contributed by atoms with Crippen LogP contribution in [0, 0.1) is 0 Å². The molecule has 0 saturated heterocycles. The first-order chi connectivity index (χ1) is 13.0. The van der Waals surface area contributed by atoms with Gasteiger partial charge in [-0.15, -0.1) is 24.0 Å². The predicted octanol–water partition coefficient (Wildman–Crippen LogP) is 2.10. The van der Waals surface area contributed by atoms with Crippen LogP contribution < -0.4 is 20.1 Å². The molecule has 2 rings (SSSR count). The smallest absolute Gasteiger partial charge is 0.213 e. The van der Waals surface area contributed by atoms with Crippen molar-refractivity contribution in [2.75, 3.05) is 26.5 Å². The van der Waals surface area contributed by atoms with Crippen LogP contribution in [0.15, 0.2) is 59.6 Å². The van der Waals surface area contributed by atoms with E-state index in [4.69, 9.17) is 4.74 Å². The predicted molar refractivity (Wildman–Crippen MR) is 124 cm³/mol.